The lowest BCUT2D eigenvalue weighted by molar-refractivity contribution is 0.0475. The Labute approximate surface area is 110 Å². The lowest BCUT2D eigenvalue weighted by atomic mass is 9.85. The van der Waals surface area contributed by atoms with Crippen molar-refractivity contribution in [2.45, 2.75) is 50.6 Å². The second-order valence-electron chi connectivity index (χ2n) is 5.74. The van der Waals surface area contributed by atoms with E-state index in [4.69, 9.17) is 0 Å². The van der Waals surface area contributed by atoms with E-state index in [0.717, 1.165) is 0 Å². The van der Waals surface area contributed by atoms with E-state index in [1.807, 2.05) is 0 Å². The molecule has 1 aliphatic heterocycles. The topological polar surface area (TPSA) is 23.5 Å². The first-order valence-corrected chi connectivity index (χ1v) is 7.32. The molecule has 0 saturated carbocycles. The summed E-state index contributed by atoms with van der Waals surface area (Å²) in [5, 5.41) is 9.55. The van der Waals surface area contributed by atoms with E-state index in [0.29, 0.717) is 18.7 Å². The van der Waals surface area contributed by atoms with Gasteiger partial charge in [0.2, 0.25) is 0 Å². The standard InChI is InChI=1S/C16H23NO/c18-12-16-7-3-4-10-17(16)15-9-8-13-5-1-2-6-14(13)11-15/h1-2,5-6,15-16,18H,3-4,7-12H2. The molecule has 2 nitrogen and oxygen atoms in total. The number of aliphatic hydroxyl groups excluding tert-OH is 1. The van der Waals surface area contributed by atoms with Crippen molar-refractivity contribution in [2.75, 3.05) is 13.2 Å². The van der Waals surface area contributed by atoms with Gasteiger partial charge >= 0.3 is 0 Å². The van der Waals surface area contributed by atoms with Gasteiger partial charge in [0.05, 0.1) is 6.61 Å². The summed E-state index contributed by atoms with van der Waals surface area (Å²) in [6, 6.07) is 9.91. The largest absolute Gasteiger partial charge is 0.395 e. The number of benzene rings is 1. The van der Waals surface area contributed by atoms with Crippen LogP contribution in [0.3, 0.4) is 0 Å². The molecule has 1 saturated heterocycles. The maximum absolute atomic E-state index is 9.55. The summed E-state index contributed by atoms with van der Waals surface area (Å²) in [7, 11) is 0. The van der Waals surface area contributed by atoms with Crippen molar-refractivity contribution in [3.05, 3.63) is 35.4 Å². The molecule has 2 atom stereocenters. The SMILES string of the molecule is OCC1CCCCN1C1CCc2ccccc2C1. The van der Waals surface area contributed by atoms with E-state index in [2.05, 4.69) is 29.2 Å². The molecule has 18 heavy (non-hydrogen) atoms. The van der Waals surface area contributed by atoms with Crippen LogP contribution in [0.4, 0.5) is 0 Å². The third-order valence-corrected chi connectivity index (χ3v) is 4.67. The zero-order chi connectivity index (χ0) is 12.4. The molecule has 98 valence electrons. The molecule has 0 spiro atoms. The molecule has 1 heterocycles. The first-order chi connectivity index (χ1) is 8.88. The Morgan fingerprint density at radius 2 is 1.94 bits per heavy atom. The van der Waals surface area contributed by atoms with Crippen LogP contribution in [0.15, 0.2) is 24.3 Å². The smallest absolute Gasteiger partial charge is 0.0586 e. The molecule has 0 amide bonds. The highest BCUT2D eigenvalue weighted by Gasteiger charge is 2.30. The van der Waals surface area contributed by atoms with Gasteiger partial charge < -0.3 is 5.11 Å². The molecule has 0 radical (unpaired) electrons. The summed E-state index contributed by atoms with van der Waals surface area (Å²) in [5.74, 6) is 0. The minimum Gasteiger partial charge on any atom is -0.395 e. The van der Waals surface area contributed by atoms with Gasteiger partial charge in [-0.15, -0.1) is 0 Å². The molecule has 3 rings (SSSR count). The molecule has 2 heteroatoms. The molecule has 2 aliphatic rings. The number of likely N-dealkylation sites (tertiary alicyclic amines) is 1. The number of hydrogen-bond donors (Lipinski definition) is 1. The van der Waals surface area contributed by atoms with Gasteiger partial charge in [-0.3, -0.25) is 4.90 Å². The molecule has 1 aliphatic carbocycles. The van der Waals surface area contributed by atoms with Crippen molar-refractivity contribution < 1.29 is 5.11 Å². The Bertz CT molecular complexity index is 404. The van der Waals surface area contributed by atoms with E-state index >= 15 is 0 Å². The van der Waals surface area contributed by atoms with E-state index in [1.54, 1.807) is 0 Å². The molecular formula is C16H23NO. The average molecular weight is 245 g/mol. The zero-order valence-corrected chi connectivity index (χ0v) is 11.0. The zero-order valence-electron chi connectivity index (χ0n) is 11.0. The Morgan fingerprint density at radius 1 is 1.11 bits per heavy atom. The van der Waals surface area contributed by atoms with E-state index in [9.17, 15) is 5.11 Å². The van der Waals surface area contributed by atoms with Crippen LogP contribution in [-0.4, -0.2) is 35.2 Å². The number of piperidine rings is 1. The molecule has 1 fully saturated rings. The van der Waals surface area contributed by atoms with Crippen LogP contribution >= 0.6 is 0 Å². The maximum atomic E-state index is 9.55. The summed E-state index contributed by atoms with van der Waals surface area (Å²) >= 11 is 0. The number of fused-ring (bicyclic) bond motifs is 1. The molecule has 2 unspecified atom stereocenters. The van der Waals surface area contributed by atoms with Crippen molar-refractivity contribution >= 4 is 0 Å². The van der Waals surface area contributed by atoms with Crippen LogP contribution in [0.25, 0.3) is 0 Å². The van der Waals surface area contributed by atoms with Crippen LogP contribution in [0.1, 0.15) is 36.8 Å². The predicted octanol–water partition coefficient (Wildman–Crippen LogP) is 2.39. The molecule has 0 bridgehead atoms. The summed E-state index contributed by atoms with van der Waals surface area (Å²) < 4.78 is 0. The van der Waals surface area contributed by atoms with Crippen molar-refractivity contribution in [1.29, 1.82) is 0 Å². The third-order valence-electron chi connectivity index (χ3n) is 4.67. The van der Waals surface area contributed by atoms with Gasteiger partial charge in [-0.1, -0.05) is 30.7 Å². The first-order valence-electron chi connectivity index (χ1n) is 7.32. The van der Waals surface area contributed by atoms with Gasteiger partial charge in [0, 0.05) is 12.1 Å². The Kier molecular flexibility index (Phi) is 3.67. The van der Waals surface area contributed by atoms with Gasteiger partial charge in [0.1, 0.15) is 0 Å². The number of hydrogen-bond acceptors (Lipinski definition) is 2. The predicted molar refractivity (Wildman–Crippen MR) is 73.7 cm³/mol. The Balaban J connectivity index is 1.74. The highest BCUT2D eigenvalue weighted by molar-refractivity contribution is 5.30. The summed E-state index contributed by atoms with van der Waals surface area (Å²) in [4.78, 5) is 2.58. The molecule has 1 aromatic rings. The van der Waals surface area contributed by atoms with E-state index in [1.165, 1.54) is 56.2 Å². The van der Waals surface area contributed by atoms with Crippen molar-refractivity contribution in [2.24, 2.45) is 0 Å². The summed E-state index contributed by atoms with van der Waals surface area (Å²) in [5.41, 5.74) is 3.06. The minimum absolute atomic E-state index is 0.331. The summed E-state index contributed by atoms with van der Waals surface area (Å²) in [6.07, 6.45) is 7.39. The fourth-order valence-electron chi connectivity index (χ4n) is 3.66. The summed E-state index contributed by atoms with van der Waals surface area (Å²) in [6.45, 7) is 1.51. The normalized spacial score (nSPS) is 28.9. The number of aryl methyl sites for hydroxylation is 1. The molecule has 1 aromatic carbocycles. The van der Waals surface area contributed by atoms with E-state index in [-0.39, 0.29) is 0 Å². The van der Waals surface area contributed by atoms with Crippen LogP contribution < -0.4 is 0 Å². The van der Waals surface area contributed by atoms with Crippen molar-refractivity contribution in [3.63, 3.8) is 0 Å². The third kappa shape index (κ3) is 2.32. The van der Waals surface area contributed by atoms with Crippen LogP contribution in [0.5, 0.6) is 0 Å². The van der Waals surface area contributed by atoms with Gasteiger partial charge in [-0.25, -0.2) is 0 Å². The lowest BCUT2D eigenvalue weighted by Crippen LogP contribution is -2.49. The second kappa shape index (κ2) is 5.41. The Hall–Kier alpha value is -0.860. The van der Waals surface area contributed by atoms with Gasteiger partial charge in [-0.05, 0) is 49.8 Å². The van der Waals surface area contributed by atoms with Gasteiger partial charge in [-0.2, -0.15) is 0 Å². The van der Waals surface area contributed by atoms with Crippen molar-refractivity contribution in [3.8, 4) is 0 Å². The number of aliphatic hydroxyl groups is 1. The number of nitrogens with zero attached hydrogens (tertiary/aromatic N) is 1. The molecule has 1 N–H and O–H groups in total. The van der Waals surface area contributed by atoms with E-state index < -0.39 is 0 Å². The molecule has 0 aromatic heterocycles. The Morgan fingerprint density at radius 3 is 2.78 bits per heavy atom. The minimum atomic E-state index is 0.331. The fraction of sp³-hybridized carbons (Fsp3) is 0.625. The van der Waals surface area contributed by atoms with Gasteiger partial charge in [0.15, 0.2) is 0 Å². The van der Waals surface area contributed by atoms with Crippen LogP contribution in [-0.2, 0) is 12.8 Å². The second-order valence-corrected chi connectivity index (χ2v) is 5.74. The number of rotatable bonds is 2. The quantitative estimate of drug-likeness (QED) is 0.865. The maximum Gasteiger partial charge on any atom is 0.0586 e. The average Bonchev–Trinajstić information content (AvgIpc) is 2.46. The monoisotopic (exact) mass is 245 g/mol. The highest BCUT2D eigenvalue weighted by Crippen LogP contribution is 2.28. The van der Waals surface area contributed by atoms with Crippen LogP contribution in [0.2, 0.25) is 0 Å². The van der Waals surface area contributed by atoms with Crippen LogP contribution in [0, 0.1) is 0 Å². The van der Waals surface area contributed by atoms with Gasteiger partial charge in [0.25, 0.3) is 0 Å². The van der Waals surface area contributed by atoms with Crippen molar-refractivity contribution in [1.82, 2.24) is 4.90 Å². The lowest BCUT2D eigenvalue weighted by Gasteiger charge is -2.42. The highest BCUT2D eigenvalue weighted by atomic mass is 16.3. The fourth-order valence-corrected chi connectivity index (χ4v) is 3.66. The molecular weight excluding hydrogens is 222 g/mol. The first kappa shape index (κ1) is 12.2.